The van der Waals surface area contributed by atoms with E-state index in [1.54, 1.807) is 42.1 Å². The normalized spacial score (nSPS) is 11.2. The van der Waals surface area contributed by atoms with Gasteiger partial charge in [0.2, 0.25) is 0 Å². The number of benzene rings is 1. The lowest BCUT2D eigenvalue weighted by Crippen LogP contribution is -2.39. The van der Waals surface area contributed by atoms with Gasteiger partial charge in [0, 0.05) is 18.1 Å². The molecule has 0 fully saturated rings. The minimum atomic E-state index is -0.413. The van der Waals surface area contributed by atoms with E-state index >= 15 is 0 Å². The zero-order valence-electron chi connectivity index (χ0n) is 12.3. The second-order valence-electron chi connectivity index (χ2n) is 4.85. The summed E-state index contributed by atoms with van der Waals surface area (Å²) in [6, 6.07) is 6.93. The highest BCUT2D eigenvalue weighted by atomic mass is 35.5. The van der Waals surface area contributed by atoms with Crippen molar-refractivity contribution in [1.29, 1.82) is 0 Å². The van der Waals surface area contributed by atoms with Gasteiger partial charge in [0.15, 0.2) is 11.2 Å². The third kappa shape index (κ3) is 2.07. The van der Waals surface area contributed by atoms with Gasteiger partial charge in [-0.2, -0.15) is 0 Å². The smallest absolute Gasteiger partial charge is 0.325 e. The molecular formula is C15H15ClN4O2. The number of hydrogen-bond acceptors (Lipinski definition) is 3. The predicted molar refractivity (Wildman–Crippen MR) is 85.9 cm³/mol. The summed E-state index contributed by atoms with van der Waals surface area (Å²) in [5.41, 5.74) is 0.627. The van der Waals surface area contributed by atoms with Crippen LogP contribution in [0.15, 0.2) is 40.2 Å². The lowest BCUT2D eigenvalue weighted by Gasteiger charge is -2.11. The molecule has 6 nitrogen and oxygen atoms in total. The fourth-order valence-corrected chi connectivity index (χ4v) is 2.73. The molecule has 0 amide bonds. The van der Waals surface area contributed by atoms with Gasteiger partial charge in [-0.15, -0.1) is 0 Å². The van der Waals surface area contributed by atoms with Crippen molar-refractivity contribution in [3.05, 3.63) is 56.5 Å². The van der Waals surface area contributed by atoms with E-state index in [0.717, 1.165) is 0 Å². The minimum Gasteiger partial charge on any atom is -0.325 e. The highest BCUT2D eigenvalue weighted by molar-refractivity contribution is 6.30. The highest BCUT2D eigenvalue weighted by Crippen LogP contribution is 2.17. The molecule has 3 aromatic rings. The maximum absolute atomic E-state index is 12.7. The summed E-state index contributed by atoms with van der Waals surface area (Å²) in [4.78, 5) is 29.5. The van der Waals surface area contributed by atoms with Gasteiger partial charge in [-0.25, -0.2) is 14.3 Å². The first kappa shape index (κ1) is 14.6. The van der Waals surface area contributed by atoms with E-state index in [-0.39, 0.29) is 5.56 Å². The molecule has 0 spiro atoms. The number of halogens is 1. The maximum Gasteiger partial charge on any atom is 0.337 e. The van der Waals surface area contributed by atoms with Crippen LogP contribution in [0.5, 0.6) is 0 Å². The van der Waals surface area contributed by atoms with Crippen LogP contribution in [-0.2, 0) is 13.1 Å². The largest absolute Gasteiger partial charge is 0.337 e. The van der Waals surface area contributed by atoms with E-state index < -0.39 is 5.69 Å². The SMILES string of the molecule is CCn1c(=O)c2c(ncn2CC)n(-c2cccc(Cl)c2)c1=O. The fraction of sp³-hybridized carbons (Fsp3) is 0.267. The molecule has 0 aliphatic carbocycles. The number of hydrogen-bond donors (Lipinski definition) is 0. The van der Waals surface area contributed by atoms with Crippen LogP contribution in [0.25, 0.3) is 16.9 Å². The van der Waals surface area contributed by atoms with Crippen molar-refractivity contribution >= 4 is 22.8 Å². The number of imidazole rings is 1. The van der Waals surface area contributed by atoms with Crippen molar-refractivity contribution < 1.29 is 0 Å². The van der Waals surface area contributed by atoms with Crippen LogP contribution in [0.4, 0.5) is 0 Å². The van der Waals surface area contributed by atoms with E-state index in [0.29, 0.717) is 35.0 Å². The van der Waals surface area contributed by atoms with Gasteiger partial charge in [0.05, 0.1) is 12.0 Å². The summed E-state index contributed by atoms with van der Waals surface area (Å²) >= 11 is 6.03. The van der Waals surface area contributed by atoms with Crippen LogP contribution >= 0.6 is 11.6 Å². The average molecular weight is 319 g/mol. The van der Waals surface area contributed by atoms with Crippen LogP contribution < -0.4 is 11.2 Å². The minimum absolute atomic E-state index is 0.295. The summed E-state index contributed by atoms with van der Waals surface area (Å²) < 4.78 is 4.37. The van der Waals surface area contributed by atoms with Crippen LogP contribution in [0.2, 0.25) is 5.02 Å². The first-order valence-electron chi connectivity index (χ1n) is 7.05. The number of nitrogens with zero attached hydrogens (tertiary/aromatic N) is 4. The van der Waals surface area contributed by atoms with E-state index in [2.05, 4.69) is 4.98 Å². The summed E-state index contributed by atoms with van der Waals surface area (Å²) in [5.74, 6) is 0. The van der Waals surface area contributed by atoms with Crippen LogP contribution in [0.3, 0.4) is 0 Å². The molecule has 2 aromatic heterocycles. The third-order valence-electron chi connectivity index (χ3n) is 3.62. The van der Waals surface area contributed by atoms with Crippen LogP contribution in [0.1, 0.15) is 13.8 Å². The Morgan fingerprint density at radius 2 is 1.95 bits per heavy atom. The van der Waals surface area contributed by atoms with Gasteiger partial charge in [0.1, 0.15) is 0 Å². The molecule has 0 unspecified atom stereocenters. The molecule has 2 heterocycles. The Bertz CT molecular complexity index is 968. The molecule has 0 N–H and O–H groups in total. The van der Waals surface area contributed by atoms with Crippen molar-refractivity contribution in [3.8, 4) is 5.69 Å². The van der Waals surface area contributed by atoms with Gasteiger partial charge in [0.25, 0.3) is 5.56 Å². The Kier molecular flexibility index (Phi) is 3.62. The number of rotatable bonds is 3. The van der Waals surface area contributed by atoms with Crippen molar-refractivity contribution in [2.75, 3.05) is 0 Å². The Labute approximate surface area is 131 Å². The molecule has 0 atom stereocenters. The molecule has 1 aromatic carbocycles. The summed E-state index contributed by atoms with van der Waals surface area (Å²) in [5, 5.41) is 0.515. The Morgan fingerprint density at radius 3 is 2.59 bits per heavy atom. The van der Waals surface area contributed by atoms with Crippen molar-refractivity contribution in [2.45, 2.75) is 26.9 Å². The Morgan fingerprint density at radius 1 is 1.18 bits per heavy atom. The zero-order valence-corrected chi connectivity index (χ0v) is 13.0. The molecule has 0 saturated heterocycles. The average Bonchev–Trinajstić information content (AvgIpc) is 2.92. The molecular weight excluding hydrogens is 304 g/mol. The summed E-state index contributed by atoms with van der Waals surface area (Å²) in [6.07, 6.45) is 1.58. The van der Waals surface area contributed by atoms with Gasteiger partial charge in [-0.05, 0) is 32.0 Å². The first-order valence-corrected chi connectivity index (χ1v) is 7.42. The number of fused-ring (bicyclic) bond motifs is 1. The first-order chi connectivity index (χ1) is 10.6. The number of aryl methyl sites for hydroxylation is 1. The molecule has 0 bridgehead atoms. The van der Waals surface area contributed by atoms with Gasteiger partial charge in [-0.1, -0.05) is 17.7 Å². The Balaban J connectivity index is 2.52. The highest BCUT2D eigenvalue weighted by Gasteiger charge is 2.17. The fourth-order valence-electron chi connectivity index (χ4n) is 2.55. The summed E-state index contributed by atoms with van der Waals surface area (Å²) in [7, 11) is 0. The molecule has 0 aliphatic rings. The van der Waals surface area contributed by atoms with E-state index in [1.165, 1.54) is 9.13 Å². The van der Waals surface area contributed by atoms with Gasteiger partial charge in [-0.3, -0.25) is 9.36 Å². The second-order valence-corrected chi connectivity index (χ2v) is 5.29. The molecule has 0 radical (unpaired) electrons. The van der Waals surface area contributed by atoms with Crippen LogP contribution in [0, 0.1) is 0 Å². The van der Waals surface area contributed by atoms with Gasteiger partial charge < -0.3 is 4.57 Å². The topological polar surface area (TPSA) is 61.8 Å². The van der Waals surface area contributed by atoms with Crippen molar-refractivity contribution in [3.63, 3.8) is 0 Å². The zero-order chi connectivity index (χ0) is 15.9. The Hall–Kier alpha value is -2.34. The van der Waals surface area contributed by atoms with Crippen LogP contribution in [-0.4, -0.2) is 18.7 Å². The lowest BCUT2D eigenvalue weighted by molar-refractivity contribution is 0.653. The number of aromatic nitrogens is 4. The molecule has 22 heavy (non-hydrogen) atoms. The molecule has 3 rings (SSSR count). The molecule has 0 saturated carbocycles. The van der Waals surface area contributed by atoms with E-state index in [1.807, 2.05) is 6.92 Å². The quantitative estimate of drug-likeness (QED) is 0.742. The molecule has 114 valence electrons. The van der Waals surface area contributed by atoms with E-state index in [9.17, 15) is 9.59 Å². The maximum atomic E-state index is 12.7. The predicted octanol–water partition coefficient (Wildman–Crippen LogP) is 2.04. The van der Waals surface area contributed by atoms with E-state index in [4.69, 9.17) is 11.6 Å². The molecule has 0 aliphatic heterocycles. The van der Waals surface area contributed by atoms with Crippen molar-refractivity contribution in [1.82, 2.24) is 18.7 Å². The molecule has 7 heteroatoms. The third-order valence-corrected chi connectivity index (χ3v) is 3.86. The lowest BCUT2D eigenvalue weighted by atomic mass is 10.3. The summed E-state index contributed by atoms with van der Waals surface area (Å²) in [6.45, 7) is 4.58. The second kappa shape index (κ2) is 5.46. The van der Waals surface area contributed by atoms with Gasteiger partial charge >= 0.3 is 5.69 Å². The van der Waals surface area contributed by atoms with Crippen molar-refractivity contribution in [2.24, 2.45) is 0 Å². The monoisotopic (exact) mass is 318 g/mol. The standard InChI is InChI=1S/C15H15ClN4O2/c1-3-18-9-17-13-12(18)14(21)19(4-2)15(22)20(13)11-7-5-6-10(16)8-11/h5-9H,3-4H2,1-2H3.